The molecule has 1 N–H and O–H groups in total. The van der Waals surface area contributed by atoms with Gasteiger partial charge in [0, 0.05) is 18.9 Å². The minimum atomic E-state index is -1.69. The number of anilines is 1. The van der Waals surface area contributed by atoms with Crippen LogP contribution in [0, 0.1) is 23.5 Å². The zero-order valence-corrected chi connectivity index (χ0v) is 12.3. The molecule has 2 aromatic heterocycles. The van der Waals surface area contributed by atoms with E-state index in [9.17, 15) is 17.6 Å². The van der Waals surface area contributed by atoms with Crippen LogP contribution in [0.1, 0.15) is 11.1 Å². The monoisotopic (exact) mass is 336 g/mol. The highest BCUT2D eigenvalue weighted by Gasteiger charge is 2.20. The van der Waals surface area contributed by atoms with E-state index in [1.165, 1.54) is 0 Å². The lowest BCUT2D eigenvalue weighted by molar-refractivity contribution is 0.410. The molecule has 0 aliphatic rings. The van der Waals surface area contributed by atoms with Crippen LogP contribution in [0.25, 0.3) is 0 Å². The molecule has 3 rings (SSSR count). The Hall–Kier alpha value is -2.90. The van der Waals surface area contributed by atoms with Crippen LogP contribution < -0.4 is 5.32 Å². The molecule has 0 bridgehead atoms. The summed E-state index contributed by atoms with van der Waals surface area (Å²) in [6, 6.07) is 8.97. The molecule has 2 heterocycles. The summed E-state index contributed by atoms with van der Waals surface area (Å²) in [5, 5.41) is 6.46. The van der Waals surface area contributed by atoms with E-state index >= 15 is 0 Å². The van der Waals surface area contributed by atoms with Crippen molar-refractivity contribution < 1.29 is 17.6 Å². The van der Waals surface area contributed by atoms with Crippen molar-refractivity contribution >= 4 is 5.69 Å². The first-order valence-corrected chi connectivity index (χ1v) is 7.03. The fourth-order valence-electron chi connectivity index (χ4n) is 2.25. The van der Waals surface area contributed by atoms with Crippen LogP contribution >= 0.6 is 0 Å². The van der Waals surface area contributed by atoms with E-state index in [0.29, 0.717) is 12.1 Å². The standard InChI is InChI=1S/C16H12F4N4/c17-12-14(13(18)16(20)23-15(12)19)21-8-10-3-1-4-11(7-10)9-24-6-2-5-22-24/h1-7H,8-9H2,(H,21,23). The van der Waals surface area contributed by atoms with Gasteiger partial charge in [-0.05, 0) is 17.2 Å². The van der Waals surface area contributed by atoms with Crippen molar-refractivity contribution in [2.45, 2.75) is 13.1 Å². The third-order valence-corrected chi connectivity index (χ3v) is 3.36. The van der Waals surface area contributed by atoms with Crippen molar-refractivity contribution in [3.63, 3.8) is 0 Å². The molecule has 8 heteroatoms. The number of rotatable bonds is 5. The highest BCUT2D eigenvalue weighted by atomic mass is 19.2. The maximum atomic E-state index is 13.6. The summed E-state index contributed by atoms with van der Waals surface area (Å²) in [5.74, 6) is -6.49. The molecule has 0 atom stereocenters. The van der Waals surface area contributed by atoms with Gasteiger partial charge < -0.3 is 5.32 Å². The highest BCUT2D eigenvalue weighted by molar-refractivity contribution is 5.46. The summed E-state index contributed by atoms with van der Waals surface area (Å²) in [6.07, 6.45) is 3.46. The molecular weight excluding hydrogens is 324 g/mol. The summed E-state index contributed by atoms with van der Waals surface area (Å²) in [5.41, 5.74) is 0.736. The van der Waals surface area contributed by atoms with Gasteiger partial charge in [-0.1, -0.05) is 24.3 Å². The maximum absolute atomic E-state index is 13.6. The molecule has 0 spiro atoms. The second-order valence-corrected chi connectivity index (χ2v) is 5.07. The Kier molecular flexibility index (Phi) is 4.45. The van der Waals surface area contributed by atoms with E-state index in [1.807, 2.05) is 6.07 Å². The number of hydrogen-bond donors (Lipinski definition) is 1. The molecule has 0 aliphatic carbocycles. The van der Waals surface area contributed by atoms with Gasteiger partial charge in [0.05, 0.1) is 6.54 Å². The van der Waals surface area contributed by atoms with Crippen LogP contribution in [0.5, 0.6) is 0 Å². The Morgan fingerprint density at radius 2 is 1.67 bits per heavy atom. The van der Waals surface area contributed by atoms with E-state index in [0.717, 1.165) is 5.56 Å². The van der Waals surface area contributed by atoms with Crippen molar-refractivity contribution in [1.29, 1.82) is 0 Å². The first-order valence-electron chi connectivity index (χ1n) is 7.03. The summed E-state index contributed by atoms with van der Waals surface area (Å²) >= 11 is 0. The molecule has 0 saturated carbocycles. The number of nitrogens with zero attached hydrogens (tertiary/aromatic N) is 3. The van der Waals surface area contributed by atoms with Gasteiger partial charge in [0.2, 0.25) is 11.6 Å². The summed E-state index contributed by atoms with van der Waals surface area (Å²) in [6.45, 7) is 0.520. The lowest BCUT2D eigenvalue weighted by atomic mass is 10.1. The van der Waals surface area contributed by atoms with Crippen LogP contribution in [-0.2, 0) is 13.1 Å². The minimum Gasteiger partial charge on any atom is -0.376 e. The van der Waals surface area contributed by atoms with Gasteiger partial charge in [-0.2, -0.15) is 27.6 Å². The molecule has 0 unspecified atom stereocenters. The van der Waals surface area contributed by atoms with Gasteiger partial charge in [-0.15, -0.1) is 0 Å². The maximum Gasteiger partial charge on any atom is 0.253 e. The van der Waals surface area contributed by atoms with Crippen LogP contribution in [0.4, 0.5) is 23.2 Å². The molecule has 1 aromatic carbocycles. The average molecular weight is 336 g/mol. The van der Waals surface area contributed by atoms with Crippen LogP contribution in [0.2, 0.25) is 0 Å². The number of hydrogen-bond acceptors (Lipinski definition) is 3. The number of pyridine rings is 1. The normalized spacial score (nSPS) is 10.8. The molecule has 0 amide bonds. The second-order valence-electron chi connectivity index (χ2n) is 5.07. The number of benzene rings is 1. The Balaban J connectivity index is 1.76. The molecule has 0 aliphatic heterocycles. The molecule has 124 valence electrons. The Labute approximate surface area is 134 Å². The molecular formula is C16H12F4N4. The van der Waals surface area contributed by atoms with Gasteiger partial charge in [0.1, 0.15) is 5.69 Å². The Morgan fingerprint density at radius 1 is 0.958 bits per heavy atom. The first kappa shape index (κ1) is 16.0. The zero-order valence-electron chi connectivity index (χ0n) is 12.3. The third-order valence-electron chi connectivity index (χ3n) is 3.36. The summed E-state index contributed by atoms with van der Waals surface area (Å²) < 4.78 is 55.0. The quantitative estimate of drug-likeness (QED) is 0.573. The van der Waals surface area contributed by atoms with Gasteiger partial charge in [0.15, 0.2) is 0 Å². The van der Waals surface area contributed by atoms with Crippen molar-refractivity contribution in [3.8, 4) is 0 Å². The van der Waals surface area contributed by atoms with Gasteiger partial charge in [0.25, 0.3) is 11.9 Å². The molecule has 4 nitrogen and oxygen atoms in total. The molecule has 3 aromatic rings. The highest BCUT2D eigenvalue weighted by Crippen LogP contribution is 2.22. The van der Waals surface area contributed by atoms with Crippen molar-refractivity contribution in [2.75, 3.05) is 5.32 Å². The lowest BCUT2D eigenvalue weighted by Crippen LogP contribution is -2.09. The van der Waals surface area contributed by atoms with Crippen LogP contribution in [0.3, 0.4) is 0 Å². The number of halogens is 4. The van der Waals surface area contributed by atoms with Gasteiger partial charge >= 0.3 is 0 Å². The smallest absolute Gasteiger partial charge is 0.253 e. The molecule has 24 heavy (non-hydrogen) atoms. The summed E-state index contributed by atoms with van der Waals surface area (Å²) in [4.78, 5) is 2.51. The molecule has 0 saturated heterocycles. The fraction of sp³-hybridized carbons (Fsp3) is 0.125. The van der Waals surface area contributed by atoms with Crippen LogP contribution in [0.15, 0.2) is 42.7 Å². The first-order chi connectivity index (χ1) is 11.5. The predicted octanol–water partition coefficient (Wildman–Crippen LogP) is 3.49. The Morgan fingerprint density at radius 3 is 2.33 bits per heavy atom. The van der Waals surface area contributed by atoms with E-state index < -0.39 is 29.2 Å². The van der Waals surface area contributed by atoms with Crippen molar-refractivity contribution in [3.05, 3.63) is 77.4 Å². The minimum absolute atomic E-state index is 0.0102. The van der Waals surface area contributed by atoms with Gasteiger partial charge in [-0.3, -0.25) is 4.68 Å². The SMILES string of the molecule is Fc1nc(F)c(F)c(NCc2cccc(Cn3cccn3)c2)c1F. The largest absolute Gasteiger partial charge is 0.376 e. The summed E-state index contributed by atoms with van der Waals surface area (Å²) in [7, 11) is 0. The lowest BCUT2D eigenvalue weighted by Gasteiger charge is -2.10. The third kappa shape index (κ3) is 3.37. The van der Waals surface area contributed by atoms with E-state index in [2.05, 4.69) is 15.4 Å². The molecule has 0 fully saturated rings. The van der Waals surface area contributed by atoms with E-state index in [4.69, 9.17) is 0 Å². The Bertz CT molecular complexity index is 823. The molecule has 0 radical (unpaired) electrons. The second kappa shape index (κ2) is 6.69. The zero-order chi connectivity index (χ0) is 17.1. The topological polar surface area (TPSA) is 42.7 Å². The van der Waals surface area contributed by atoms with Crippen molar-refractivity contribution in [2.24, 2.45) is 0 Å². The van der Waals surface area contributed by atoms with Gasteiger partial charge in [-0.25, -0.2) is 0 Å². The number of aromatic nitrogens is 3. The fourth-order valence-corrected chi connectivity index (χ4v) is 2.25. The average Bonchev–Trinajstić information content (AvgIpc) is 3.06. The number of nitrogens with one attached hydrogen (secondary N) is 1. The van der Waals surface area contributed by atoms with E-state index in [-0.39, 0.29) is 6.54 Å². The predicted molar refractivity (Wildman–Crippen MR) is 79.2 cm³/mol. The van der Waals surface area contributed by atoms with Crippen LogP contribution in [-0.4, -0.2) is 14.8 Å². The van der Waals surface area contributed by atoms with E-state index in [1.54, 1.807) is 41.3 Å². The van der Waals surface area contributed by atoms with Crippen molar-refractivity contribution in [1.82, 2.24) is 14.8 Å².